The number of carbonyl (C=O) groups excluding carboxylic acids is 1. The highest BCUT2D eigenvalue weighted by Crippen LogP contribution is 2.36. The van der Waals surface area contributed by atoms with Crippen molar-refractivity contribution in [3.63, 3.8) is 0 Å². The predicted molar refractivity (Wildman–Crippen MR) is 133 cm³/mol. The van der Waals surface area contributed by atoms with Crippen molar-refractivity contribution in [1.82, 2.24) is 9.80 Å². The number of carbonyl (C=O) groups is 1. The summed E-state index contributed by atoms with van der Waals surface area (Å²) in [6.45, 7) is 10.7. The van der Waals surface area contributed by atoms with Crippen LogP contribution in [0, 0.1) is 5.82 Å². The highest BCUT2D eigenvalue weighted by atomic mass is 32.1. The van der Waals surface area contributed by atoms with Crippen LogP contribution in [0.3, 0.4) is 0 Å². The maximum absolute atomic E-state index is 14.1. The Hall–Kier alpha value is -1.96. The molecule has 0 spiro atoms. The van der Waals surface area contributed by atoms with E-state index >= 15 is 0 Å². The van der Waals surface area contributed by atoms with Gasteiger partial charge in [0, 0.05) is 66.7 Å². The summed E-state index contributed by atoms with van der Waals surface area (Å²) < 4.78 is 14.8. The van der Waals surface area contributed by atoms with E-state index < -0.39 is 0 Å². The van der Waals surface area contributed by atoms with Crippen LogP contribution in [0.15, 0.2) is 23.6 Å². The SMILES string of the molecule is CCc1c(CCN2CCN(c3csc4c(F)cccc34)CC2)sc2c1CCN(C(C)=O)C2. The highest BCUT2D eigenvalue weighted by molar-refractivity contribution is 7.17. The molecule has 1 aromatic carbocycles. The lowest BCUT2D eigenvalue weighted by atomic mass is 9.99. The van der Waals surface area contributed by atoms with Crippen LogP contribution in [0.4, 0.5) is 10.1 Å². The molecule has 0 bridgehead atoms. The van der Waals surface area contributed by atoms with Crippen molar-refractivity contribution in [2.45, 2.75) is 39.7 Å². The second-order valence-corrected chi connectivity index (χ2v) is 10.8. The summed E-state index contributed by atoms with van der Waals surface area (Å²) in [5.74, 6) is 0.0665. The molecule has 1 amide bonds. The number of halogens is 1. The molecular weight excluding hydrogens is 441 g/mol. The summed E-state index contributed by atoms with van der Waals surface area (Å²) in [4.78, 5) is 21.7. The molecule has 1 fully saturated rings. The summed E-state index contributed by atoms with van der Waals surface area (Å²) in [6.07, 6.45) is 3.17. The molecule has 2 aromatic heterocycles. The van der Waals surface area contributed by atoms with Gasteiger partial charge in [-0.05, 0) is 36.5 Å². The van der Waals surface area contributed by atoms with E-state index in [-0.39, 0.29) is 11.7 Å². The van der Waals surface area contributed by atoms with Crippen molar-refractivity contribution in [2.24, 2.45) is 0 Å². The van der Waals surface area contributed by atoms with E-state index in [1.807, 2.05) is 28.4 Å². The number of benzene rings is 1. The predicted octanol–water partition coefficient (Wildman–Crippen LogP) is 4.93. The van der Waals surface area contributed by atoms with Crippen molar-refractivity contribution >= 4 is 44.4 Å². The van der Waals surface area contributed by atoms with Gasteiger partial charge in [0.25, 0.3) is 0 Å². The lowest BCUT2D eigenvalue weighted by molar-refractivity contribution is -0.129. The summed E-state index contributed by atoms with van der Waals surface area (Å²) in [7, 11) is 0. The number of hydrogen-bond donors (Lipinski definition) is 0. The number of rotatable bonds is 5. The lowest BCUT2D eigenvalue weighted by Crippen LogP contribution is -2.46. The number of nitrogens with zero attached hydrogens (tertiary/aromatic N) is 3. The monoisotopic (exact) mass is 471 g/mol. The van der Waals surface area contributed by atoms with E-state index in [1.54, 1.807) is 18.6 Å². The van der Waals surface area contributed by atoms with Crippen LogP contribution < -0.4 is 4.90 Å². The first-order valence-corrected chi connectivity index (χ1v) is 13.3. The van der Waals surface area contributed by atoms with Crippen LogP contribution in [-0.4, -0.2) is 55.0 Å². The molecule has 2 aliphatic rings. The van der Waals surface area contributed by atoms with Gasteiger partial charge in [0.05, 0.1) is 16.9 Å². The quantitative estimate of drug-likeness (QED) is 0.528. The van der Waals surface area contributed by atoms with Crippen LogP contribution in [0.1, 0.15) is 34.7 Å². The number of fused-ring (bicyclic) bond motifs is 2. The Morgan fingerprint density at radius 3 is 2.72 bits per heavy atom. The van der Waals surface area contributed by atoms with E-state index in [0.29, 0.717) is 0 Å². The largest absolute Gasteiger partial charge is 0.368 e. The maximum Gasteiger partial charge on any atom is 0.219 e. The zero-order chi connectivity index (χ0) is 22.2. The van der Waals surface area contributed by atoms with Gasteiger partial charge < -0.3 is 9.80 Å². The van der Waals surface area contributed by atoms with E-state index in [4.69, 9.17) is 0 Å². The van der Waals surface area contributed by atoms with Crippen LogP contribution >= 0.6 is 22.7 Å². The van der Waals surface area contributed by atoms with Crippen LogP contribution in [-0.2, 0) is 30.6 Å². The van der Waals surface area contributed by atoms with Gasteiger partial charge in [0.1, 0.15) is 5.82 Å². The van der Waals surface area contributed by atoms with E-state index in [0.717, 1.165) is 75.2 Å². The highest BCUT2D eigenvalue weighted by Gasteiger charge is 2.25. The Morgan fingerprint density at radius 2 is 1.97 bits per heavy atom. The average Bonchev–Trinajstić information content (AvgIpc) is 3.39. The standard InChI is InChI=1S/C25H30FN3OS2/c1-3-18-19-7-10-29(17(2)30)15-24(19)32-23(18)8-9-27-11-13-28(14-12-27)22-16-31-25-20(22)5-4-6-21(25)26/h4-6,16H,3,7-15H2,1-2H3. The second kappa shape index (κ2) is 9.12. The summed E-state index contributed by atoms with van der Waals surface area (Å²) in [5, 5.41) is 3.15. The van der Waals surface area contributed by atoms with Gasteiger partial charge in [0.2, 0.25) is 5.91 Å². The van der Waals surface area contributed by atoms with Gasteiger partial charge >= 0.3 is 0 Å². The first-order chi connectivity index (χ1) is 15.5. The van der Waals surface area contributed by atoms with Gasteiger partial charge in [0.15, 0.2) is 0 Å². The first-order valence-electron chi connectivity index (χ1n) is 11.6. The van der Waals surface area contributed by atoms with Crippen molar-refractivity contribution in [3.05, 3.63) is 50.3 Å². The smallest absolute Gasteiger partial charge is 0.219 e. The van der Waals surface area contributed by atoms with E-state index in [9.17, 15) is 9.18 Å². The molecule has 3 aromatic rings. The zero-order valence-electron chi connectivity index (χ0n) is 18.8. The Bertz CT molecular complexity index is 1130. The van der Waals surface area contributed by atoms with Crippen molar-refractivity contribution in [3.8, 4) is 0 Å². The number of piperazine rings is 1. The molecule has 2 aliphatic heterocycles. The minimum Gasteiger partial charge on any atom is -0.368 e. The third-order valence-electron chi connectivity index (χ3n) is 6.95. The fraction of sp³-hybridized carbons (Fsp3) is 0.480. The normalized spacial score (nSPS) is 17.2. The minimum atomic E-state index is -0.116. The fourth-order valence-corrected chi connectivity index (χ4v) is 7.57. The van der Waals surface area contributed by atoms with Gasteiger partial charge in [-0.2, -0.15) is 0 Å². The lowest BCUT2D eigenvalue weighted by Gasteiger charge is -2.35. The van der Waals surface area contributed by atoms with Gasteiger partial charge in [-0.1, -0.05) is 19.1 Å². The third-order valence-corrected chi connectivity index (χ3v) is 9.26. The number of amides is 1. The van der Waals surface area contributed by atoms with Gasteiger partial charge in [-0.25, -0.2) is 4.39 Å². The van der Waals surface area contributed by atoms with E-state index in [1.165, 1.54) is 32.3 Å². The molecule has 1 saturated heterocycles. The van der Waals surface area contributed by atoms with Gasteiger partial charge in [-0.3, -0.25) is 9.69 Å². The Kier molecular flexibility index (Phi) is 6.23. The average molecular weight is 472 g/mol. The molecule has 0 N–H and O–H groups in total. The fourth-order valence-electron chi connectivity index (χ4n) is 5.13. The molecule has 170 valence electrons. The summed E-state index contributed by atoms with van der Waals surface area (Å²) in [5.41, 5.74) is 4.24. The molecule has 4 nitrogen and oxygen atoms in total. The molecule has 0 saturated carbocycles. The maximum atomic E-state index is 14.1. The molecule has 7 heteroatoms. The Labute approximate surface area is 197 Å². The van der Waals surface area contributed by atoms with Crippen molar-refractivity contribution in [1.29, 1.82) is 0 Å². The molecule has 0 atom stereocenters. The molecule has 5 rings (SSSR count). The topological polar surface area (TPSA) is 26.8 Å². The van der Waals surface area contributed by atoms with Crippen LogP contribution in [0.25, 0.3) is 10.1 Å². The van der Waals surface area contributed by atoms with Gasteiger partial charge in [-0.15, -0.1) is 22.7 Å². The number of hydrogen-bond acceptors (Lipinski definition) is 5. The molecule has 4 heterocycles. The zero-order valence-corrected chi connectivity index (χ0v) is 20.5. The molecule has 32 heavy (non-hydrogen) atoms. The Balaban J connectivity index is 1.21. The molecule has 0 unspecified atom stereocenters. The van der Waals surface area contributed by atoms with Crippen LogP contribution in [0.2, 0.25) is 0 Å². The molecule has 0 radical (unpaired) electrons. The first kappa shape index (κ1) is 21.9. The van der Waals surface area contributed by atoms with E-state index in [2.05, 4.69) is 22.1 Å². The minimum absolute atomic E-state index is 0.116. The van der Waals surface area contributed by atoms with Crippen molar-refractivity contribution in [2.75, 3.05) is 44.2 Å². The Morgan fingerprint density at radius 1 is 1.16 bits per heavy atom. The number of thiophene rings is 2. The molecular formula is C25H30FN3OS2. The van der Waals surface area contributed by atoms with Crippen molar-refractivity contribution < 1.29 is 9.18 Å². The van der Waals surface area contributed by atoms with Crippen LogP contribution in [0.5, 0.6) is 0 Å². The summed E-state index contributed by atoms with van der Waals surface area (Å²) in [6, 6.07) is 5.39. The second-order valence-electron chi connectivity index (χ2n) is 8.77. The third kappa shape index (κ3) is 4.06. The number of anilines is 1. The summed E-state index contributed by atoms with van der Waals surface area (Å²) >= 11 is 3.44. The molecule has 0 aliphatic carbocycles.